The van der Waals surface area contributed by atoms with Crippen LogP contribution in [0.25, 0.3) is 69.2 Å². The molecule has 8 aromatic carbocycles. The van der Waals surface area contributed by atoms with Gasteiger partial charge in [-0.05, 0) is 107 Å². The fourth-order valence-electron chi connectivity index (χ4n) is 8.81. The fourth-order valence-corrected chi connectivity index (χ4v) is 9.90. The van der Waals surface area contributed by atoms with Crippen LogP contribution in [0.2, 0.25) is 0 Å². The van der Waals surface area contributed by atoms with E-state index in [0.717, 1.165) is 0 Å². The average Bonchev–Trinajstić information content (AvgIpc) is 3.75. The number of para-hydroxylation sites is 2. The summed E-state index contributed by atoms with van der Waals surface area (Å²) in [6.45, 7) is 11.5. The molecule has 0 saturated carbocycles. The molecule has 54 heavy (non-hydrogen) atoms. The van der Waals surface area contributed by atoms with Crippen LogP contribution in [0.15, 0.2) is 158 Å². The van der Waals surface area contributed by atoms with E-state index < -0.39 is 0 Å². The lowest BCUT2D eigenvalue weighted by atomic mass is 9.86. The van der Waals surface area contributed by atoms with Crippen molar-refractivity contribution in [2.75, 3.05) is 4.90 Å². The monoisotopic (exact) mass is 714 g/mol. The first-order chi connectivity index (χ1) is 26.3. The van der Waals surface area contributed by atoms with E-state index in [-0.39, 0.29) is 11.5 Å². The highest BCUT2D eigenvalue weighted by Crippen LogP contribution is 2.48. The Bertz CT molecular complexity index is 3050. The van der Waals surface area contributed by atoms with Gasteiger partial charge in [-0.3, -0.25) is 0 Å². The standard InChI is InChI=1S/C51H42N2S/c1-32-15-9-14-22-43(32)52(36-16-7-6-8-17-36)33(2)34-23-26-37(27-24-34)53-44-28-30-46-47(42-31-35(51(3,4)5)25-29-45(42)54-46)49(44)48-40-20-12-10-18-38(40)39-19-11-13-21-41(39)50(48)53/h6-31,33H,1-5H3. The van der Waals surface area contributed by atoms with Gasteiger partial charge in [0.1, 0.15) is 0 Å². The lowest BCUT2D eigenvalue weighted by molar-refractivity contribution is 0.591. The quantitative estimate of drug-likeness (QED) is 0.161. The number of aryl methyl sites for hydroxylation is 1. The number of hydrogen-bond acceptors (Lipinski definition) is 2. The predicted molar refractivity (Wildman–Crippen MR) is 236 cm³/mol. The van der Waals surface area contributed by atoms with Crippen molar-refractivity contribution in [1.82, 2.24) is 4.57 Å². The molecular formula is C51H42N2S. The van der Waals surface area contributed by atoms with E-state index >= 15 is 0 Å². The molecule has 0 aliphatic rings. The van der Waals surface area contributed by atoms with Crippen molar-refractivity contribution >= 4 is 86.2 Å². The predicted octanol–water partition coefficient (Wildman–Crippen LogP) is 15.0. The van der Waals surface area contributed by atoms with Crippen LogP contribution >= 0.6 is 11.3 Å². The third kappa shape index (κ3) is 4.99. The van der Waals surface area contributed by atoms with Crippen molar-refractivity contribution in [2.45, 2.75) is 46.1 Å². The van der Waals surface area contributed by atoms with Gasteiger partial charge in [-0.1, -0.05) is 124 Å². The first-order valence-electron chi connectivity index (χ1n) is 19.0. The summed E-state index contributed by atoms with van der Waals surface area (Å²) in [5.41, 5.74) is 10.0. The zero-order chi connectivity index (χ0) is 36.7. The molecule has 0 bridgehead atoms. The van der Waals surface area contributed by atoms with E-state index in [1.165, 1.54) is 97.3 Å². The van der Waals surface area contributed by atoms with Crippen LogP contribution in [-0.4, -0.2) is 4.57 Å². The molecule has 3 heteroatoms. The van der Waals surface area contributed by atoms with E-state index in [0.29, 0.717) is 0 Å². The maximum Gasteiger partial charge on any atom is 0.0626 e. The maximum absolute atomic E-state index is 2.54. The summed E-state index contributed by atoms with van der Waals surface area (Å²) < 4.78 is 5.22. The van der Waals surface area contributed by atoms with Gasteiger partial charge in [0.15, 0.2) is 0 Å². The van der Waals surface area contributed by atoms with Gasteiger partial charge in [0.2, 0.25) is 0 Å². The van der Waals surface area contributed by atoms with Crippen molar-refractivity contribution in [3.05, 3.63) is 174 Å². The number of hydrogen-bond donors (Lipinski definition) is 0. The van der Waals surface area contributed by atoms with Crippen LogP contribution in [0.1, 0.15) is 50.4 Å². The van der Waals surface area contributed by atoms with Gasteiger partial charge >= 0.3 is 0 Å². The minimum absolute atomic E-state index is 0.0570. The molecule has 0 aliphatic heterocycles. The summed E-state index contributed by atoms with van der Waals surface area (Å²) in [5, 5.41) is 10.6. The van der Waals surface area contributed by atoms with Gasteiger partial charge in [0, 0.05) is 53.4 Å². The van der Waals surface area contributed by atoms with Gasteiger partial charge in [-0.15, -0.1) is 11.3 Å². The molecule has 2 heterocycles. The van der Waals surface area contributed by atoms with Gasteiger partial charge < -0.3 is 9.47 Å². The third-order valence-corrected chi connectivity index (χ3v) is 12.7. The van der Waals surface area contributed by atoms with Gasteiger partial charge in [0.05, 0.1) is 17.1 Å². The molecule has 2 nitrogen and oxygen atoms in total. The molecular weight excluding hydrogens is 673 g/mol. The number of anilines is 2. The Hall–Kier alpha value is -5.90. The Morgan fingerprint density at radius 3 is 1.91 bits per heavy atom. The van der Waals surface area contributed by atoms with Crippen molar-refractivity contribution < 1.29 is 0 Å². The Kier molecular flexibility index (Phi) is 7.47. The van der Waals surface area contributed by atoms with Gasteiger partial charge in [0.25, 0.3) is 0 Å². The average molecular weight is 715 g/mol. The molecule has 0 N–H and O–H groups in total. The Balaban J connectivity index is 1.26. The SMILES string of the molecule is Cc1ccccc1N(c1ccccc1)C(C)c1ccc(-n2c3ccc4sc5ccc(C(C)(C)C)cc5c4c3c3c4ccccc4c4ccccc4c32)cc1. The largest absolute Gasteiger partial charge is 0.334 e. The molecule has 0 saturated heterocycles. The van der Waals surface area contributed by atoms with Gasteiger partial charge in [-0.2, -0.15) is 0 Å². The summed E-state index contributed by atoms with van der Waals surface area (Å²) in [4.78, 5) is 2.47. The number of thiophene rings is 1. The van der Waals surface area contributed by atoms with E-state index in [1.807, 2.05) is 11.3 Å². The third-order valence-electron chi connectivity index (χ3n) is 11.5. The van der Waals surface area contributed by atoms with Gasteiger partial charge in [-0.25, -0.2) is 0 Å². The Morgan fingerprint density at radius 2 is 1.19 bits per heavy atom. The highest BCUT2D eigenvalue weighted by molar-refractivity contribution is 7.26. The number of rotatable bonds is 5. The Labute approximate surface area is 320 Å². The first kappa shape index (κ1) is 32.7. The zero-order valence-electron chi connectivity index (χ0n) is 31.4. The zero-order valence-corrected chi connectivity index (χ0v) is 32.2. The van der Waals surface area contributed by atoms with E-state index in [1.54, 1.807) is 0 Å². The molecule has 2 aromatic heterocycles. The van der Waals surface area contributed by atoms with Crippen LogP contribution in [0.3, 0.4) is 0 Å². The van der Waals surface area contributed by atoms with E-state index in [9.17, 15) is 0 Å². The minimum Gasteiger partial charge on any atom is -0.334 e. The second kappa shape index (κ2) is 12.3. The molecule has 0 fully saturated rings. The smallest absolute Gasteiger partial charge is 0.0626 e. The topological polar surface area (TPSA) is 8.17 Å². The normalized spacial score (nSPS) is 12.8. The molecule has 262 valence electrons. The van der Waals surface area contributed by atoms with Crippen LogP contribution in [0.5, 0.6) is 0 Å². The number of aromatic nitrogens is 1. The maximum atomic E-state index is 2.54. The molecule has 1 unspecified atom stereocenters. The Morgan fingerprint density at radius 1 is 0.556 bits per heavy atom. The van der Waals surface area contributed by atoms with Crippen molar-refractivity contribution in [3.8, 4) is 5.69 Å². The van der Waals surface area contributed by atoms with E-state index in [4.69, 9.17) is 0 Å². The lowest BCUT2D eigenvalue weighted by Crippen LogP contribution is -2.22. The summed E-state index contributed by atoms with van der Waals surface area (Å²) in [6, 6.07) is 58.8. The summed E-state index contributed by atoms with van der Waals surface area (Å²) in [6.07, 6.45) is 0. The first-order valence-corrected chi connectivity index (χ1v) is 19.8. The number of benzene rings is 8. The van der Waals surface area contributed by atoms with E-state index in [2.05, 4.69) is 202 Å². The highest BCUT2D eigenvalue weighted by Gasteiger charge is 2.25. The second-order valence-electron chi connectivity index (χ2n) is 15.8. The van der Waals surface area contributed by atoms with Crippen molar-refractivity contribution in [2.24, 2.45) is 0 Å². The minimum atomic E-state index is 0.0570. The molecule has 10 rings (SSSR count). The molecule has 0 radical (unpaired) electrons. The molecule has 1 atom stereocenters. The van der Waals surface area contributed by atoms with Crippen LogP contribution in [0, 0.1) is 6.92 Å². The van der Waals surface area contributed by atoms with Crippen molar-refractivity contribution in [1.29, 1.82) is 0 Å². The van der Waals surface area contributed by atoms with Crippen LogP contribution in [-0.2, 0) is 5.41 Å². The number of nitrogens with zero attached hydrogens (tertiary/aromatic N) is 2. The summed E-state index contributed by atoms with van der Waals surface area (Å²) in [7, 11) is 0. The van der Waals surface area contributed by atoms with Crippen LogP contribution in [0.4, 0.5) is 11.4 Å². The highest BCUT2D eigenvalue weighted by atomic mass is 32.1. The molecule has 0 aliphatic carbocycles. The van der Waals surface area contributed by atoms with Crippen molar-refractivity contribution in [3.63, 3.8) is 0 Å². The second-order valence-corrected chi connectivity index (χ2v) is 16.9. The fraction of sp³-hybridized carbons (Fsp3) is 0.137. The molecule has 0 spiro atoms. The summed E-state index contributed by atoms with van der Waals surface area (Å²) in [5.74, 6) is 0. The number of fused-ring (bicyclic) bond motifs is 12. The summed E-state index contributed by atoms with van der Waals surface area (Å²) >= 11 is 1.91. The molecule has 0 amide bonds. The molecule has 10 aromatic rings. The lowest BCUT2D eigenvalue weighted by Gasteiger charge is -2.33. The van der Waals surface area contributed by atoms with Crippen LogP contribution < -0.4 is 4.90 Å².